The Hall–Kier alpha value is -0.820. The molecule has 1 aromatic rings. The zero-order valence-electron chi connectivity index (χ0n) is 9.05. The molecule has 0 aliphatic carbocycles. The second-order valence-corrected chi connectivity index (χ2v) is 4.41. The molecule has 0 aromatic heterocycles. The maximum absolute atomic E-state index is 5.36. The molecule has 14 heavy (non-hydrogen) atoms. The van der Waals surface area contributed by atoms with E-state index in [2.05, 4.69) is 38.1 Å². The topological polar surface area (TPSA) is 12.5 Å². The van der Waals surface area contributed by atoms with Gasteiger partial charge in [-0.2, -0.15) is 0 Å². The monoisotopic (exact) mass is 190 g/mol. The minimum absolute atomic E-state index is 0.198. The van der Waals surface area contributed by atoms with Crippen LogP contribution in [0, 0.1) is 0 Å². The van der Waals surface area contributed by atoms with Gasteiger partial charge in [0.2, 0.25) is 0 Å². The Balaban J connectivity index is 1.89. The highest BCUT2D eigenvalue weighted by atomic mass is 16.6. The summed E-state index contributed by atoms with van der Waals surface area (Å²) >= 11 is 0. The Morgan fingerprint density at radius 2 is 1.79 bits per heavy atom. The summed E-state index contributed by atoms with van der Waals surface area (Å²) in [6.07, 6.45) is 3.42. The zero-order chi connectivity index (χ0) is 10.0. The van der Waals surface area contributed by atoms with Crippen molar-refractivity contribution in [2.75, 3.05) is 6.61 Å². The summed E-state index contributed by atoms with van der Waals surface area (Å²) in [5.41, 5.74) is 3.05. The quantitative estimate of drug-likeness (QED) is 0.665. The largest absolute Gasteiger partial charge is 0.370 e. The number of aryl methyl sites for hydroxylation is 2. The first-order chi connectivity index (χ1) is 6.72. The first-order valence-corrected chi connectivity index (χ1v) is 5.44. The van der Waals surface area contributed by atoms with Gasteiger partial charge in [-0.3, -0.25) is 0 Å². The highest BCUT2D eigenvalue weighted by Crippen LogP contribution is 2.31. The molecule has 0 bridgehead atoms. The van der Waals surface area contributed by atoms with Gasteiger partial charge in [0.1, 0.15) is 0 Å². The molecule has 1 heterocycles. The minimum atomic E-state index is 0.198. The van der Waals surface area contributed by atoms with Gasteiger partial charge in [-0.15, -0.1) is 0 Å². The van der Waals surface area contributed by atoms with Crippen LogP contribution in [0.4, 0.5) is 0 Å². The maximum atomic E-state index is 5.36. The fourth-order valence-corrected chi connectivity index (χ4v) is 1.62. The summed E-state index contributed by atoms with van der Waals surface area (Å²) in [7, 11) is 0. The van der Waals surface area contributed by atoms with Crippen LogP contribution in [0.5, 0.6) is 0 Å². The number of benzene rings is 1. The lowest BCUT2D eigenvalue weighted by molar-refractivity contribution is 0.309. The van der Waals surface area contributed by atoms with Crippen LogP contribution in [0.2, 0.25) is 0 Å². The minimum Gasteiger partial charge on any atom is -0.370 e. The summed E-state index contributed by atoms with van der Waals surface area (Å²) in [4.78, 5) is 0. The molecule has 1 unspecified atom stereocenters. The number of hydrogen-bond donors (Lipinski definition) is 0. The Labute approximate surface area is 86.1 Å². The van der Waals surface area contributed by atoms with Crippen LogP contribution in [-0.4, -0.2) is 12.2 Å². The van der Waals surface area contributed by atoms with Crippen molar-refractivity contribution in [1.29, 1.82) is 0 Å². The van der Waals surface area contributed by atoms with Crippen molar-refractivity contribution in [3.63, 3.8) is 0 Å². The standard InChI is InChI=1S/C13H18O/c1-3-11-4-6-12(7-5-11)8-9-13(2)10-14-13/h4-7H,3,8-10H2,1-2H3. The van der Waals surface area contributed by atoms with Gasteiger partial charge < -0.3 is 4.74 Å². The number of rotatable bonds is 4. The van der Waals surface area contributed by atoms with Gasteiger partial charge in [0, 0.05) is 0 Å². The molecule has 1 fully saturated rings. The van der Waals surface area contributed by atoms with E-state index in [1.54, 1.807) is 0 Å². The molecule has 1 saturated heterocycles. The molecule has 1 aliphatic rings. The highest BCUT2D eigenvalue weighted by molar-refractivity contribution is 5.22. The van der Waals surface area contributed by atoms with E-state index in [1.165, 1.54) is 11.1 Å². The molecular formula is C13H18O. The van der Waals surface area contributed by atoms with E-state index in [0.717, 1.165) is 25.9 Å². The van der Waals surface area contributed by atoms with Crippen LogP contribution in [0.15, 0.2) is 24.3 Å². The Morgan fingerprint density at radius 3 is 2.29 bits per heavy atom. The Morgan fingerprint density at radius 1 is 1.21 bits per heavy atom. The molecule has 1 aliphatic heterocycles. The van der Waals surface area contributed by atoms with Crippen molar-refractivity contribution in [1.82, 2.24) is 0 Å². The molecule has 1 heteroatoms. The molecule has 0 spiro atoms. The van der Waals surface area contributed by atoms with Gasteiger partial charge in [-0.05, 0) is 37.3 Å². The Bertz CT molecular complexity index is 296. The average molecular weight is 190 g/mol. The fraction of sp³-hybridized carbons (Fsp3) is 0.538. The second kappa shape index (κ2) is 3.74. The van der Waals surface area contributed by atoms with Crippen molar-refractivity contribution in [2.24, 2.45) is 0 Å². The summed E-state index contributed by atoms with van der Waals surface area (Å²) in [6.45, 7) is 5.32. The van der Waals surface area contributed by atoms with Crippen LogP contribution in [0.3, 0.4) is 0 Å². The highest BCUT2D eigenvalue weighted by Gasteiger charge is 2.38. The molecule has 1 aromatic carbocycles. The van der Waals surface area contributed by atoms with E-state index in [1.807, 2.05) is 0 Å². The molecule has 0 radical (unpaired) electrons. The lowest BCUT2D eigenvalue weighted by Gasteiger charge is -2.05. The molecular weight excluding hydrogens is 172 g/mol. The molecule has 0 N–H and O–H groups in total. The predicted octanol–water partition coefficient (Wildman–Crippen LogP) is 2.97. The van der Waals surface area contributed by atoms with Crippen molar-refractivity contribution in [3.05, 3.63) is 35.4 Å². The van der Waals surface area contributed by atoms with E-state index >= 15 is 0 Å². The number of ether oxygens (including phenoxy) is 1. The third-order valence-corrected chi connectivity index (χ3v) is 3.01. The Kier molecular flexibility index (Phi) is 2.60. The van der Waals surface area contributed by atoms with Crippen LogP contribution in [-0.2, 0) is 17.6 Å². The molecule has 2 rings (SSSR count). The third kappa shape index (κ3) is 2.36. The van der Waals surface area contributed by atoms with E-state index in [9.17, 15) is 0 Å². The van der Waals surface area contributed by atoms with Gasteiger partial charge in [0.05, 0.1) is 12.2 Å². The summed E-state index contributed by atoms with van der Waals surface area (Å²) < 4.78 is 5.36. The first-order valence-electron chi connectivity index (χ1n) is 5.44. The van der Waals surface area contributed by atoms with E-state index in [0.29, 0.717) is 0 Å². The van der Waals surface area contributed by atoms with E-state index < -0.39 is 0 Å². The normalized spacial score (nSPS) is 25.0. The van der Waals surface area contributed by atoms with Crippen LogP contribution >= 0.6 is 0 Å². The van der Waals surface area contributed by atoms with Gasteiger partial charge in [0.15, 0.2) is 0 Å². The molecule has 1 atom stereocenters. The lowest BCUT2D eigenvalue weighted by atomic mass is 10.0. The number of hydrogen-bond acceptors (Lipinski definition) is 1. The molecule has 1 nitrogen and oxygen atoms in total. The average Bonchev–Trinajstić information content (AvgIpc) is 2.95. The van der Waals surface area contributed by atoms with Crippen LogP contribution < -0.4 is 0 Å². The van der Waals surface area contributed by atoms with E-state index in [4.69, 9.17) is 4.74 Å². The van der Waals surface area contributed by atoms with Gasteiger partial charge in [-0.1, -0.05) is 31.2 Å². The predicted molar refractivity (Wildman–Crippen MR) is 58.5 cm³/mol. The van der Waals surface area contributed by atoms with Crippen LogP contribution in [0.1, 0.15) is 31.4 Å². The van der Waals surface area contributed by atoms with Crippen molar-refractivity contribution < 1.29 is 4.74 Å². The van der Waals surface area contributed by atoms with Gasteiger partial charge in [-0.25, -0.2) is 0 Å². The fourth-order valence-electron chi connectivity index (χ4n) is 1.62. The zero-order valence-corrected chi connectivity index (χ0v) is 9.05. The molecule has 0 amide bonds. The summed E-state index contributed by atoms with van der Waals surface area (Å²) in [5, 5.41) is 0. The summed E-state index contributed by atoms with van der Waals surface area (Å²) in [5.74, 6) is 0. The number of epoxide rings is 1. The second-order valence-electron chi connectivity index (χ2n) is 4.41. The third-order valence-electron chi connectivity index (χ3n) is 3.01. The molecule has 0 saturated carbocycles. The van der Waals surface area contributed by atoms with E-state index in [-0.39, 0.29) is 5.60 Å². The lowest BCUT2D eigenvalue weighted by Crippen LogP contribution is -2.05. The maximum Gasteiger partial charge on any atom is 0.0891 e. The van der Waals surface area contributed by atoms with Gasteiger partial charge in [0.25, 0.3) is 0 Å². The molecule has 76 valence electrons. The smallest absolute Gasteiger partial charge is 0.0891 e. The van der Waals surface area contributed by atoms with Crippen LogP contribution in [0.25, 0.3) is 0 Å². The first kappa shape index (κ1) is 9.72. The van der Waals surface area contributed by atoms with Crippen molar-refractivity contribution in [2.45, 2.75) is 38.7 Å². The summed E-state index contributed by atoms with van der Waals surface area (Å²) in [6, 6.07) is 8.94. The van der Waals surface area contributed by atoms with Gasteiger partial charge >= 0.3 is 0 Å². The van der Waals surface area contributed by atoms with Crippen molar-refractivity contribution >= 4 is 0 Å². The SMILES string of the molecule is CCc1ccc(CCC2(C)CO2)cc1. The van der Waals surface area contributed by atoms with Crippen molar-refractivity contribution in [3.8, 4) is 0 Å².